The predicted octanol–water partition coefficient (Wildman–Crippen LogP) is 17.2. The lowest BCUT2D eigenvalue weighted by atomic mass is 9.76. The third kappa shape index (κ3) is 19.1. The number of piperidine rings is 2. The van der Waals surface area contributed by atoms with Crippen molar-refractivity contribution < 1.29 is 37.0 Å². The Hall–Kier alpha value is -9.87. The van der Waals surface area contributed by atoms with Crippen molar-refractivity contribution in [2.75, 3.05) is 26.2 Å². The third-order valence-corrected chi connectivity index (χ3v) is 22.7. The van der Waals surface area contributed by atoms with E-state index in [1.807, 2.05) is 79.7 Å². The maximum Gasteiger partial charge on any atom is 0.346 e. The van der Waals surface area contributed by atoms with Crippen LogP contribution in [0.3, 0.4) is 0 Å². The number of benzene rings is 4. The van der Waals surface area contributed by atoms with Gasteiger partial charge in [-0.2, -0.15) is 0 Å². The normalized spacial score (nSPS) is 20.6. The number of amides is 1. The Morgan fingerprint density at radius 3 is 1.79 bits per heavy atom. The van der Waals surface area contributed by atoms with Gasteiger partial charge in [-0.1, -0.05) is 122 Å². The second-order valence-electron chi connectivity index (χ2n) is 31.0. The van der Waals surface area contributed by atoms with Gasteiger partial charge in [0.15, 0.2) is 5.82 Å². The maximum atomic E-state index is 12.7. The highest BCUT2D eigenvalue weighted by Gasteiger charge is 2.37. The molecular weight excluding hydrogens is 1340 g/mol. The van der Waals surface area contributed by atoms with Gasteiger partial charge in [0.25, 0.3) is 0 Å². The summed E-state index contributed by atoms with van der Waals surface area (Å²) >= 11 is 0. The molecule has 2 saturated heterocycles. The zero-order valence-corrected chi connectivity index (χ0v) is 63.9. The zero-order valence-electron chi connectivity index (χ0n) is 63.9. The van der Waals surface area contributed by atoms with Crippen molar-refractivity contribution in [2.45, 2.75) is 203 Å². The Kier molecular flexibility index (Phi) is 24.2. The van der Waals surface area contributed by atoms with E-state index < -0.39 is 0 Å². The largest absolute Gasteiger partial charge is 0.490 e. The molecule has 3 aromatic heterocycles. The Bertz CT molecular complexity index is 4830. The second kappa shape index (κ2) is 34.4. The van der Waals surface area contributed by atoms with E-state index >= 15 is 0 Å². The number of hydrogen-bond donors (Lipinski definition) is 0. The molecule has 17 heteroatoms. The smallest absolute Gasteiger partial charge is 0.346 e. The van der Waals surface area contributed by atoms with Crippen molar-refractivity contribution >= 4 is 24.1 Å². The number of ether oxygens (including phenoxy) is 4. The summed E-state index contributed by atoms with van der Waals surface area (Å²) in [7, 11) is 0. The number of carbonyl (C=O) groups excluding carboxylic acids is 1. The highest BCUT2D eigenvalue weighted by atomic mass is 16.5. The van der Waals surface area contributed by atoms with Gasteiger partial charge >= 0.3 is 16.9 Å². The van der Waals surface area contributed by atoms with Gasteiger partial charge in [0, 0.05) is 50.4 Å². The van der Waals surface area contributed by atoms with E-state index in [0.29, 0.717) is 101 Å². The Morgan fingerprint density at radius 2 is 1.13 bits per heavy atom. The molecule has 9 aliphatic rings. The summed E-state index contributed by atoms with van der Waals surface area (Å²) < 4.78 is 42.4. The summed E-state index contributed by atoms with van der Waals surface area (Å²) in [5.74, 6) is 8.16. The number of carbonyl (C=O) groups is 1. The van der Waals surface area contributed by atoms with Gasteiger partial charge in [0.1, 0.15) is 87.3 Å². The molecular formula is C90H104N6O11. The average molecular weight is 1450 g/mol. The van der Waals surface area contributed by atoms with Crippen LogP contribution in [0.4, 0.5) is 0 Å². The first kappa shape index (κ1) is 75.4. The van der Waals surface area contributed by atoms with Crippen LogP contribution in [0.2, 0.25) is 0 Å². The maximum absolute atomic E-state index is 12.7. The van der Waals surface area contributed by atoms with E-state index in [9.17, 15) is 19.2 Å². The van der Waals surface area contributed by atoms with Crippen molar-refractivity contribution in [3.63, 3.8) is 0 Å². The lowest BCUT2D eigenvalue weighted by molar-refractivity contribution is -0.132. The van der Waals surface area contributed by atoms with E-state index in [1.165, 1.54) is 78.3 Å². The number of hydrogen-bond acceptors (Lipinski definition) is 15. The molecule has 560 valence electrons. The van der Waals surface area contributed by atoms with Crippen LogP contribution in [-0.4, -0.2) is 91.9 Å². The average Bonchev–Trinajstić information content (AvgIpc) is 1.16. The van der Waals surface area contributed by atoms with Crippen LogP contribution in [-0.2, 0) is 30.6 Å². The third-order valence-electron chi connectivity index (χ3n) is 22.7. The van der Waals surface area contributed by atoms with Gasteiger partial charge in [0.2, 0.25) is 5.91 Å². The molecule has 9 atom stereocenters. The Morgan fingerprint density at radius 1 is 0.542 bits per heavy atom. The van der Waals surface area contributed by atoms with Crippen molar-refractivity contribution in [1.82, 2.24) is 29.3 Å². The first-order valence-corrected chi connectivity index (χ1v) is 38.8. The number of rotatable bonds is 16. The summed E-state index contributed by atoms with van der Waals surface area (Å²) in [6.45, 7) is 24.4. The SMILES string of the molecule is Cc1cc2c(c(=O)o1)C=C1CC[C@H]([C@H](C)Cn3cnc(C)c4ncnc3-4)C[C@@H]1O2.Cc1ccc(CCC(C)N2CCC3=Cc4c(cc(C)oc4=O)O[C@H]3C2)cc1.Cc1cccc(CC(=O)N2CCC3=Cc4c(cc(C)oc4=O)O[C@H]3C2)c1.Cc1cccc(O[C@@H]2CCC[C@H](C(C)CCCc3ccccc3)C2)c1. The molecule has 4 aromatic carbocycles. The van der Waals surface area contributed by atoms with E-state index in [-0.39, 0.29) is 41.1 Å². The van der Waals surface area contributed by atoms with E-state index in [4.69, 9.17) is 32.2 Å². The van der Waals surface area contributed by atoms with E-state index in [2.05, 4.69) is 138 Å². The van der Waals surface area contributed by atoms with Crippen LogP contribution in [0, 0.1) is 72.1 Å². The van der Waals surface area contributed by atoms with Gasteiger partial charge in [-0.15, -0.1) is 0 Å². The predicted molar refractivity (Wildman–Crippen MR) is 419 cm³/mol. The summed E-state index contributed by atoms with van der Waals surface area (Å²) in [5.41, 5.74) is 13.5. The monoisotopic (exact) mass is 1440 g/mol. The van der Waals surface area contributed by atoms with Crippen LogP contribution in [0.5, 0.6) is 23.0 Å². The number of imidazole rings is 1. The minimum atomic E-state index is -0.371. The highest BCUT2D eigenvalue weighted by Crippen LogP contribution is 2.42. The summed E-state index contributed by atoms with van der Waals surface area (Å²) in [6.07, 6.45) is 25.8. The van der Waals surface area contributed by atoms with Crippen LogP contribution < -0.4 is 35.8 Å². The zero-order chi connectivity index (χ0) is 74.8. The number of likely N-dealkylation sites (tertiary alicyclic amines) is 2. The molecule has 17 nitrogen and oxygen atoms in total. The quantitative estimate of drug-likeness (QED) is 0.0885. The Labute approximate surface area is 629 Å². The first-order chi connectivity index (χ1) is 51.7. The summed E-state index contributed by atoms with van der Waals surface area (Å²) in [4.78, 5) is 66.5. The fourth-order valence-electron chi connectivity index (χ4n) is 16.4. The number of fused-ring (bicyclic) bond motifs is 7. The molecule has 1 amide bonds. The van der Waals surface area contributed by atoms with Crippen LogP contribution in [0.15, 0.2) is 178 Å². The van der Waals surface area contributed by atoms with Crippen molar-refractivity contribution in [2.24, 2.45) is 23.7 Å². The summed E-state index contributed by atoms with van der Waals surface area (Å²) in [5, 5.41) is 0. The Balaban J connectivity index is 0.000000126. The number of aryl methyl sites for hydroxylation is 9. The molecule has 107 heavy (non-hydrogen) atoms. The molecule has 16 rings (SSSR count). The van der Waals surface area contributed by atoms with Crippen molar-refractivity contribution in [3.05, 3.63) is 255 Å². The van der Waals surface area contributed by atoms with Crippen molar-refractivity contribution in [1.29, 1.82) is 0 Å². The summed E-state index contributed by atoms with van der Waals surface area (Å²) in [6, 6.07) is 42.1. The fourth-order valence-corrected chi connectivity index (χ4v) is 16.4. The molecule has 0 spiro atoms. The molecule has 7 aliphatic heterocycles. The number of nitrogens with zero attached hydrogens (tertiary/aromatic N) is 6. The number of aromatic nitrogens is 4. The van der Waals surface area contributed by atoms with Gasteiger partial charge in [0.05, 0.1) is 31.1 Å². The van der Waals surface area contributed by atoms with Crippen LogP contribution in [0.1, 0.15) is 171 Å². The van der Waals surface area contributed by atoms with Crippen LogP contribution >= 0.6 is 0 Å². The standard InChI is InChI=1S/C24H32O.C23H27NO3.C22H24N4O3.C21H21NO4/c1-19-9-6-15-23(17-19)25-24-16-8-14-22(18-24)20(2)10-7-13-21-11-4-3-5-12-21;1-15-4-7-18(8-5-15)9-6-16(2)24-11-10-19-13-20-21(27-22(19)14-24)12-17(3)26-23(20)25;1-12(9-26-11-25-14(3)20-21(26)24-10-23-20)15-4-5-16-7-17-19(29-18(16)8-15)6-13(2)28-22(17)27;1-13-4-3-5-15(8-13)10-20(23)22-7-6-16-11-17-18(26-19(16)12-22)9-14(2)25-21(17)24/h3-6,9,11-12,15,17,20,22,24H,7-8,10,13-14,16,18H2,1-2H3;4-5,7-8,12-13,16,22H,6,9-11,14H2,1-3H3;6-7,10-12,15,18H,4-5,8-9H2,1-3H3;3-5,8-9,11,19H,6-7,10,12H2,1-2H3/t20?,22-,24+;16?,22-;12-,15+,18+;19-/m0010/s1. The fraction of sp³-hybridized carbons (Fsp3) is 0.433. The van der Waals surface area contributed by atoms with E-state index in [1.54, 1.807) is 33.2 Å². The van der Waals surface area contributed by atoms with Crippen molar-refractivity contribution in [3.8, 4) is 34.5 Å². The highest BCUT2D eigenvalue weighted by molar-refractivity contribution is 5.79. The molecule has 0 N–H and O–H groups in total. The van der Waals surface area contributed by atoms with Crippen LogP contribution in [0.25, 0.3) is 29.7 Å². The second-order valence-corrected chi connectivity index (χ2v) is 31.0. The molecule has 7 aromatic rings. The molecule has 10 heterocycles. The molecule has 0 bridgehead atoms. The molecule has 0 radical (unpaired) electrons. The topological polar surface area (TPSA) is 195 Å². The lowest BCUT2D eigenvalue weighted by Crippen LogP contribution is -2.47. The van der Waals surface area contributed by atoms with E-state index in [0.717, 1.165) is 110 Å². The van der Waals surface area contributed by atoms with Gasteiger partial charge in [-0.25, -0.2) is 29.3 Å². The molecule has 2 unspecified atom stereocenters. The minimum absolute atomic E-state index is 0.0322. The van der Waals surface area contributed by atoms with Gasteiger partial charge < -0.3 is 41.7 Å². The van der Waals surface area contributed by atoms with Gasteiger partial charge in [-0.05, 0) is 232 Å². The molecule has 4 fully saturated rings. The minimum Gasteiger partial charge on any atom is -0.490 e. The van der Waals surface area contributed by atoms with Gasteiger partial charge in [-0.3, -0.25) is 9.69 Å². The molecule has 2 aliphatic carbocycles. The first-order valence-electron chi connectivity index (χ1n) is 38.8. The molecule has 2 saturated carbocycles. The lowest BCUT2D eigenvalue weighted by Gasteiger charge is -2.40.